The maximum Gasteiger partial charge on any atom is 0.312 e. The number of carbonyl (C=O) groups is 3. The third kappa shape index (κ3) is 7.63. The fraction of sp³-hybridized carbons (Fsp3) is 0.812. The van der Waals surface area contributed by atoms with Crippen molar-refractivity contribution in [1.29, 1.82) is 0 Å². The van der Waals surface area contributed by atoms with Crippen LogP contribution in [0, 0.1) is 5.92 Å². The Bertz CT molecular complexity index is 433. The number of piperidine rings is 1. The highest BCUT2D eigenvalue weighted by molar-refractivity contribution is 5.81. The van der Waals surface area contributed by atoms with Gasteiger partial charge in [-0.05, 0) is 31.6 Å². The molecule has 1 fully saturated rings. The van der Waals surface area contributed by atoms with Gasteiger partial charge in [-0.3, -0.25) is 9.59 Å². The molecule has 0 radical (unpaired) electrons. The van der Waals surface area contributed by atoms with E-state index in [0.29, 0.717) is 44.8 Å². The first-order valence-electron chi connectivity index (χ1n) is 8.66. The molecule has 1 rings (SSSR count). The van der Waals surface area contributed by atoms with E-state index in [1.807, 2.05) is 18.7 Å². The summed E-state index contributed by atoms with van der Waals surface area (Å²) in [6, 6.07) is -1.11. The third-order valence-corrected chi connectivity index (χ3v) is 4.10. The minimum absolute atomic E-state index is 0.0652. The number of rotatable bonds is 8. The van der Waals surface area contributed by atoms with Gasteiger partial charge in [0, 0.05) is 32.1 Å². The lowest BCUT2D eigenvalue weighted by Crippen LogP contribution is -2.50. The van der Waals surface area contributed by atoms with E-state index in [4.69, 9.17) is 11.5 Å². The molecule has 0 aromatic carbocycles. The van der Waals surface area contributed by atoms with Crippen molar-refractivity contribution in [3.8, 4) is 0 Å². The Morgan fingerprint density at radius 1 is 1.21 bits per heavy atom. The Labute approximate surface area is 143 Å². The molecule has 0 aromatic rings. The third-order valence-electron chi connectivity index (χ3n) is 4.10. The first-order chi connectivity index (χ1) is 11.3. The van der Waals surface area contributed by atoms with Crippen LogP contribution in [0.15, 0.2) is 0 Å². The molecule has 0 spiro atoms. The number of urea groups is 1. The first-order valence-corrected chi connectivity index (χ1v) is 8.66. The van der Waals surface area contributed by atoms with E-state index >= 15 is 0 Å². The molecule has 1 heterocycles. The quantitative estimate of drug-likeness (QED) is 0.460. The van der Waals surface area contributed by atoms with Gasteiger partial charge in [0.15, 0.2) is 0 Å². The summed E-state index contributed by atoms with van der Waals surface area (Å²) in [6.07, 6.45) is 3.16. The summed E-state index contributed by atoms with van der Waals surface area (Å²) < 4.78 is 0. The summed E-state index contributed by atoms with van der Waals surface area (Å²) in [5.41, 5.74) is 10.8. The number of nitrogens with two attached hydrogens (primary N) is 2. The number of hydrogen-bond donors (Lipinski definition) is 4. The van der Waals surface area contributed by atoms with Crippen molar-refractivity contribution >= 4 is 17.8 Å². The molecule has 1 aliphatic rings. The van der Waals surface area contributed by atoms with Crippen molar-refractivity contribution in [2.45, 2.75) is 58.0 Å². The van der Waals surface area contributed by atoms with Crippen LogP contribution in [0.3, 0.4) is 0 Å². The van der Waals surface area contributed by atoms with Crippen LogP contribution in [-0.2, 0) is 9.59 Å². The lowest BCUT2D eigenvalue weighted by Gasteiger charge is -2.33. The largest absolute Gasteiger partial charge is 0.352 e. The summed E-state index contributed by atoms with van der Waals surface area (Å²) in [4.78, 5) is 36.5. The van der Waals surface area contributed by atoms with Crippen molar-refractivity contribution in [2.75, 3.05) is 19.6 Å². The van der Waals surface area contributed by atoms with Gasteiger partial charge in [0.1, 0.15) is 0 Å². The number of carbonyl (C=O) groups excluding carboxylic acids is 3. The van der Waals surface area contributed by atoms with Crippen LogP contribution >= 0.6 is 0 Å². The topological polar surface area (TPSA) is 131 Å². The minimum Gasteiger partial charge on any atom is -0.352 e. The molecule has 0 unspecified atom stereocenters. The Hall–Kier alpha value is -1.83. The van der Waals surface area contributed by atoms with Gasteiger partial charge in [0.2, 0.25) is 11.8 Å². The van der Waals surface area contributed by atoms with E-state index in [0.717, 1.165) is 12.8 Å². The van der Waals surface area contributed by atoms with E-state index in [-0.39, 0.29) is 17.9 Å². The van der Waals surface area contributed by atoms with Crippen molar-refractivity contribution < 1.29 is 14.4 Å². The number of nitrogens with zero attached hydrogens (tertiary/aromatic N) is 1. The lowest BCUT2D eigenvalue weighted by molar-refractivity contribution is -0.133. The number of primary amides is 1. The molecule has 0 aromatic heterocycles. The molecule has 0 bridgehead atoms. The number of amides is 4. The average molecular weight is 341 g/mol. The van der Waals surface area contributed by atoms with Crippen molar-refractivity contribution in [3.63, 3.8) is 0 Å². The summed E-state index contributed by atoms with van der Waals surface area (Å²) >= 11 is 0. The van der Waals surface area contributed by atoms with Gasteiger partial charge in [-0.1, -0.05) is 13.8 Å². The van der Waals surface area contributed by atoms with Gasteiger partial charge in [0.25, 0.3) is 0 Å². The van der Waals surface area contributed by atoms with Crippen LogP contribution in [0.5, 0.6) is 0 Å². The van der Waals surface area contributed by atoms with E-state index < -0.39 is 12.1 Å². The highest BCUT2D eigenvalue weighted by atomic mass is 16.2. The van der Waals surface area contributed by atoms with Gasteiger partial charge >= 0.3 is 6.03 Å². The molecule has 4 amide bonds. The van der Waals surface area contributed by atoms with Crippen LogP contribution in [0.1, 0.15) is 46.0 Å². The van der Waals surface area contributed by atoms with Crippen molar-refractivity contribution in [2.24, 2.45) is 17.4 Å². The smallest absolute Gasteiger partial charge is 0.312 e. The van der Waals surface area contributed by atoms with Crippen LogP contribution in [0.25, 0.3) is 0 Å². The average Bonchev–Trinajstić information content (AvgIpc) is 2.51. The lowest BCUT2D eigenvalue weighted by atomic mass is 10.0. The van der Waals surface area contributed by atoms with Crippen LogP contribution in [-0.4, -0.2) is 54.5 Å². The van der Waals surface area contributed by atoms with E-state index in [1.54, 1.807) is 0 Å². The number of hydrogen-bond acceptors (Lipinski definition) is 4. The van der Waals surface area contributed by atoms with Gasteiger partial charge in [-0.25, -0.2) is 4.79 Å². The molecular formula is C16H31N5O3. The van der Waals surface area contributed by atoms with E-state index in [1.165, 1.54) is 0 Å². The standard InChI is InChI=1S/C16H31N5O3/c1-11(2)10-14(22)21-8-5-12(6-9-21)20-15(23)13(17)4-3-7-19-16(18)24/h11-13H,3-10,17H2,1-2H3,(H,20,23)(H3,18,19,24)/t13-/m0/s1. The van der Waals surface area contributed by atoms with Gasteiger partial charge in [-0.15, -0.1) is 0 Å². The molecule has 8 heteroatoms. The van der Waals surface area contributed by atoms with Crippen molar-refractivity contribution in [3.05, 3.63) is 0 Å². The fourth-order valence-corrected chi connectivity index (χ4v) is 2.72. The van der Waals surface area contributed by atoms with Gasteiger partial charge in [0.05, 0.1) is 6.04 Å². The molecule has 138 valence electrons. The minimum atomic E-state index is -0.597. The monoisotopic (exact) mass is 341 g/mol. The SMILES string of the molecule is CC(C)CC(=O)N1CCC(NC(=O)[C@@H](N)CCCNC(N)=O)CC1. The molecule has 1 saturated heterocycles. The maximum atomic E-state index is 12.1. The number of nitrogens with one attached hydrogen (secondary N) is 2. The summed E-state index contributed by atoms with van der Waals surface area (Å²) in [5, 5.41) is 5.42. The van der Waals surface area contributed by atoms with Crippen molar-refractivity contribution in [1.82, 2.24) is 15.5 Å². The second-order valence-electron chi connectivity index (χ2n) is 6.80. The second kappa shape index (κ2) is 10.1. The first kappa shape index (κ1) is 20.2. The van der Waals surface area contributed by atoms with Crippen LogP contribution in [0.4, 0.5) is 4.79 Å². The predicted molar refractivity (Wildman–Crippen MR) is 92.0 cm³/mol. The molecule has 6 N–H and O–H groups in total. The zero-order valence-corrected chi connectivity index (χ0v) is 14.7. The Balaban J connectivity index is 2.24. The summed E-state index contributed by atoms with van der Waals surface area (Å²) in [7, 11) is 0. The second-order valence-corrected chi connectivity index (χ2v) is 6.80. The van der Waals surface area contributed by atoms with Gasteiger partial charge < -0.3 is 27.0 Å². The molecule has 0 aliphatic carbocycles. The molecule has 8 nitrogen and oxygen atoms in total. The Kier molecular flexibility index (Phi) is 8.53. The number of likely N-dealkylation sites (tertiary alicyclic amines) is 1. The van der Waals surface area contributed by atoms with E-state index in [2.05, 4.69) is 10.6 Å². The highest BCUT2D eigenvalue weighted by Gasteiger charge is 2.25. The zero-order chi connectivity index (χ0) is 18.1. The molecule has 1 aliphatic heterocycles. The summed E-state index contributed by atoms with van der Waals surface area (Å²) in [6.45, 7) is 5.83. The Morgan fingerprint density at radius 2 is 1.83 bits per heavy atom. The zero-order valence-electron chi connectivity index (χ0n) is 14.7. The van der Waals surface area contributed by atoms with Gasteiger partial charge in [-0.2, -0.15) is 0 Å². The fourth-order valence-electron chi connectivity index (χ4n) is 2.72. The molecular weight excluding hydrogens is 310 g/mol. The predicted octanol–water partition coefficient (Wildman–Crippen LogP) is -0.0845. The molecule has 0 saturated carbocycles. The Morgan fingerprint density at radius 3 is 2.38 bits per heavy atom. The normalized spacial score (nSPS) is 16.8. The van der Waals surface area contributed by atoms with E-state index in [9.17, 15) is 14.4 Å². The summed E-state index contributed by atoms with van der Waals surface area (Å²) in [5.74, 6) is 0.367. The van der Waals surface area contributed by atoms with Crippen LogP contribution < -0.4 is 22.1 Å². The highest BCUT2D eigenvalue weighted by Crippen LogP contribution is 2.13. The molecule has 24 heavy (non-hydrogen) atoms. The maximum absolute atomic E-state index is 12.1. The van der Waals surface area contributed by atoms with Crippen LogP contribution in [0.2, 0.25) is 0 Å². The molecule has 1 atom stereocenters.